The Kier molecular flexibility index (Phi) is 9.47. The molecule has 9 nitrogen and oxygen atoms in total. The molecule has 2 aromatic rings. The zero-order valence-electron chi connectivity index (χ0n) is 22.8. The van der Waals surface area contributed by atoms with Gasteiger partial charge in [-0.2, -0.15) is 0 Å². The van der Waals surface area contributed by atoms with Gasteiger partial charge < -0.3 is 29.2 Å². The first kappa shape index (κ1) is 27.7. The summed E-state index contributed by atoms with van der Waals surface area (Å²) in [5.41, 5.74) is 2.05. The van der Waals surface area contributed by atoms with Crippen LogP contribution in [0, 0.1) is 0 Å². The molecule has 2 aliphatic heterocycles. The molecule has 0 spiro atoms. The number of amides is 2. The number of ether oxygens (including phenoxy) is 4. The monoisotopic (exact) mass is 525 g/mol. The third-order valence-corrected chi connectivity index (χ3v) is 7.27. The van der Waals surface area contributed by atoms with Crippen LogP contribution in [0.5, 0.6) is 17.2 Å². The lowest BCUT2D eigenvalue weighted by Gasteiger charge is -2.42. The summed E-state index contributed by atoms with van der Waals surface area (Å²) < 4.78 is 22.2. The molecule has 0 aromatic heterocycles. The predicted molar refractivity (Wildman–Crippen MR) is 144 cm³/mol. The molecule has 4 rings (SSSR count). The fourth-order valence-corrected chi connectivity index (χ4v) is 5.45. The highest BCUT2D eigenvalue weighted by Crippen LogP contribution is 2.47. The zero-order chi connectivity index (χ0) is 27.1. The number of rotatable bonds is 11. The number of benzene rings is 2. The van der Waals surface area contributed by atoms with Crippen LogP contribution in [0.4, 0.5) is 0 Å². The summed E-state index contributed by atoms with van der Waals surface area (Å²) in [6.07, 6.45) is 1.59. The van der Waals surface area contributed by atoms with E-state index in [-0.39, 0.29) is 11.8 Å². The molecule has 2 aromatic carbocycles. The Morgan fingerprint density at radius 3 is 2.34 bits per heavy atom. The van der Waals surface area contributed by atoms with Crippen molar-refractivity contribution in [1.82, 2.24) is 15.1 Å². The lowest BCUT2D eigenvalue weighted by Crippen LogP contribution is -2.48. The summed E-state index contributed by atoms with van der Waals surface area (Å²) in [7, 11) is 4.67. The fourth-order valence-electron chi connectivity index (χ4n) is 5.45. The predicted octanol–water partition coefficient (Wildman–Crippen LogP) is 3.24. The summed E-state index contributed by atoms with van der Waals surface area (Å²) in [4.78, 5) is 31.8. The molecule has 206 valence electrons. The van der Waals surface area contributed by atoms with Crippen molar-refractivity contribution in [2.24, 2.45) is 0 Å². The number of carbonyl (C=O) groups excluding carboxylic acids is 2. The third-order valence-electron chi connectivity index (χ3n) is 7.27. The number of carbonyl (C=O) groups is 2. The third kappa shape index (κ3) is 5.73. The van der Waals surface area contributed by atoms with Gasteiger partial charge in [-0.1, -0.05) is 25.1 Å². The molecule has 0 radical (unpaired) electrons. The van der Waals surface area contributed by atoms with Crippen LogP contribution < -0.4 is 19.5 Å². The highest BCUT2D eigenvalue weighted by Gasteiger charge is 2.44. The Balaban J connectivity index is 1.69. The molecule has 1 saturated heterocycles. The molecule has 1 N–H and O–H groups in total. The first-order chi connectivity index (χ1) is 18.5. The van der Waals surface area contributed by atoms with Crippen LogP contribution >= 0.6 is 0 Å². The number of methoxy groups -OCH3 is 3. The second kappa shape index (κ2) is 13.0. The van der Waals surface area contributed by atoms with Gasteiger partial charge in [0.15, 0.2) is 11.5 Å². The van der Waals surface area contributed by atoms with Crippen molar-refractivity contribution in [1.29, 1.82) is 0 Å². The molecule has 0 saturated carbocycles. The molecular formula is C29H39N3O6. The quantitative estimate of drug-likeness (QED) is 0.451. The van der Waals surface area contributed by atoms with E-state index in [1.807, 2.05) is 43.3 Å². The number of fused-ring (bicyclic) bond motifs is 1. The maximum Gasteiger partial charge on any atom is 0.254 e. The second-order valence-corrected chi connectivity index (χ2v) is 9.57. The Hall–Kier alpha value is -3.30. The Bertz CT molecular complexity index is 1090. The molecule has 0 unspecified atom stereocenters. The average molecular weight is 526 g/mol. The molecular weight excluding hydrogens is 486 g/mol. The molecule has 38 heavy (non-hydrogen) atoms. The number of hydrogen-bond acceptors (Lipinski definition) is 7. The molecule has 2 atom stereocenters. The van der Waals surface area contributed by atoms with Crippen LogP contribution in [0.25, 0.3) is 0 Å². The SMILES string of the molecule is CCCN1C(=O)c2ccccc2[C@H](C(=O)NCCCN2CCOCC2)[C@H]1c1cc(OC)c(OC)c(OC)c1. The minimum absolute atomic E-state index is 0.0856. The van der Waals surface area contributed by atoms with Crippen molar-refractivity contribution in [3.63, 3.8) is 0 Å². The van der Waals surface area contributed by atoms with Gasteiger partial charge in [-0.25, -0.2) is 0 Å². The van der Waals surface area contributed by atoms with Crippen molar-refractivity contribution in [3.8, 4) is 17.2 Å². The fraction of sp³-hybridized carbons (Fsp3) is 0.517. The van der Waals surface area contributed by atoms with Crippen molar-refractivity contribution < 1.29 is 28.5 Å². The highest BCUT2D eigenvalue weighted by molar-refractivity contribution is 6.01. The van der Waals surface area contributed by atoms with E-state index in [9.17, 15) is 9.59 Å². The smallest absolute Gasteiger partial charge is 0.254 e. The molecule has 0 bridgehead atoms. The molecule has 2 amide bonds. The van der Waals surface area contributed by atoms with Crippen LogP contribution in [0.3, 0.4) is 0 Å². The number of nitrogens with zero attached hydrogens (tertiary/aromatic N) is 2. The van der Waals surface area contributed by atoms with Crippen molar-refractivity contribution >= 4 is 11.8 Å². The van der Waals surface area contributed by atoms with Gasteiger partial charge >= 0.3 is 0 Å². The minimum atomic E-state index is -0.596. The number of morpholine rings is 1. The first-order valence-corrected chi connectivity index (χ1v) is 13.3. The van der Waals surface area contributed by atoms with Crippen LogP contribution in [-0.4, -0.2) is 88.9 Å². The summed E-state index contributed by atoms with van der Waals surface area (Å²) in [5.74, 6) is 0.641. The van der Waals surface area contributed by atoms with Crippen molar-refractivity contribution in [2.45, 2.75) is 31.7 Å². The van der Waals surface area contributed by atoms with E-state index in [4.69, 9.17) is 18.9 Å². The lowest BCUT2D eigenvalue weighted by atomic mass is 9.79. The standard InChI is InChI=1S/C29H39N3O6/c1-5-12-32-26(20-18-23(35-2)27(37-4)24(19-20)36-3)25(21-9-6-7-10-22(21)29(32)34)28(33)30-11-8-13-31-14-16-38-17-15-31/h6-7,9-10,18-19,25-26H,5,8,11-17H2,1-4H3,(H,30,33)/t25-,26+/m0/s1. The van der Waals surface area contributed by atoms with Crippen LogP contribution in [0.2, 0.25) is 0 Å². The lowest BCUT2D eigenvalue weighted by molar-refractivity contribution is -0.124. The van der Waals surface area contributed by atoms with Gasteiger partial charge in [0.25, 0.3) is 5.91 Å². The maximum absolute atomic E-state index is 13.9. The van der Waals surface area contributed by atoms with E-state index in [2.05, 4.69) is 10.2 Å². The largest absolute Gasteiger partial charge is 0.493 e. The summed E-state index contributed by atoms with van der Waals surface area (Å²) >= 11 is 0. The maximum atomic E-state index is 13.9. The van der Waals surface area contributed by atoms with E-state index < -0.39 is 12.0 Å². The average Bonchev–Trinajstić information content (AvgIpc) is 2.96. The van der Waals surface area contributed by atoms with Crippen molar-refractivity contribution in [3.05, 3.63) is 53.1 Å². The van der Waals surface area contributed by atoms with Crippen LogP contribution in [-0.2, 0) is 9.53 Å². The zero-order valence-corrected chi connectivity index (χ0v) is 22.8. The topological polar surface area (TPSA) is 89.6 Å². The normalized spacial score (nSPS) is 19.6. The summed E-state index contributed by atoms with van der Waals surface area (Å²) in [5, 5.41) is 3.17. The van der Waals surface area contributed by atoms with E-state index in [1.54, 1.807) is 26.2 Å². The van der Waals surface area contributed by atoms with Crippen LogP contribution in [0.1, 0.15) is 53.2 Å². The van der Waals surface area contributed by atoms with E-state index in [1.165, 1.54) is 0 Å². The van der Waals surface area contributed by atoms with Gasteiger partial charge in [0, 0.05) is 31.7 Å². The minimum Gasteiger partial charge on any atom is -0.493 e. The second-order valence-electron chi connectivity index (χ2n) is 9.57. The highest BCUT2D eigenvalue weighted by atomic mass is 16.5. The van der Waals surface area contributed by atoms with E-state index in [0.29, 0.717) is 35.9 Å². The van der Waals surface area contributed by atoms with Gasteiger partial charge in [0.05, 0.1) is 46.5 Å². The van der Waals surface area contributed by atoms with Crippen LogP contribution in [0.15, 0.2) is 36.4 Å². The van der Waals surface area contributed by atoms with E-state index in [0.717, 1.165) is 56.8 Å². The van der Waals surface area contributed by atoms with Gasteiger partial charge in [-0.15, -0.1) is 0 Å². The molecule has 2 heterocycles. The molecule has 1 fully saturated rings. The molecule has 9 heteroatoms. The summed E-state index contributed by atoms with van der Waals surface area (Å²) in [6, 6.07) is 10.6. The first-order valence-electron chi connectivity index (χ1n) is 13.3. The van der Waals surface area contributed by atoms with Gasteiger partial charge in [0.2, 0.25) is 11.7 Å². The Morgan fingerprint density at radius 2 is 1.71 bits per heavy atom. The molecule has 0 aliphatic carbocycles. The Morgan fingerprint density at radius 1 is 1.03 bits per heavy atom. The van der Waals surface area contributed by atoms with Gasteiger partial charge in [-0.05, 0) is 48.7 Å². The number of nitrogens with one attached hydrogen (secondary N) is 1. The molecule has 2 aliphatic rings. The summed E-state index contributed by atoms with van der Waals surface area (Å²) in [6.45, 7) is 7.34. The van der Waals surface area contributed by atoms with Crippen molar-refractivity contribution in [2.75, 3.05) is 67.3 Å². The van der Waals surface area contributed by atoms with Gasteiger partial charge in [0.1, 0.15) is 0 Å². The Labute approximate surface area is 225 Å². The van der Waals surface area contributed by atoms with E-state index >= 15 is 0 Å². The van der Waals surface area contributed by atoms with Gasteiger partial charge in [-0.3, -0.25) is 14.5 Å². The number of hydrogen-bond donors (Lipinski definition) is 1.